The van der Waals surface area contributed by atoms with Gasteiger partial charge in [0, 0.05) is 11.6 Å². The molecule has 0 bridgehead atoms. The summed E-state index contributed by atoms with van der Waals surface area (Å²) in [6.07, 6.45) is -0.0826. The van der Waals surface area contributed by atoms with Crippen molar-refractivity contribution in [3.05, 3.63) is 107 Å². The fraction of sp³-hybridized carbons (Fsp3) is 0.154. The molecule has 190 valence electrons. The second kappa shape index (κ2) is 7.16. The minimum atomic E-state index is -2.03. The molecular formula is C26H15NO11. The maximum atomic E-state index is 13.5. The second-order valence-corrected chi connectivity index (χ2v) is 9.21. The number of aliphatic hydroxyl groups excluding tert-OH is 2. The van der Waals surface area contributed by atoms with Gasteiger partial charge < -0.3 is 30.1 Å². The van der Waals surface area contributed by atoms with Crippen LogP contribution in [0.15, 0.2) is 42.2 Å². The summed E-state index contributed by atoms with van der Waals surface area (Å²) in [6, 6.07) is 3.30. The predicted octanol–water partition coefficient (Wildman–Crippen LogP) is -1.79. The van der Waals surface area contributed by atoms with Crippen molar-refractivity contribution >= 4 is 28.3 Å². The Balaban J connectivity index is 1.82. The number of nitrogens with one attached hydrogen (secondary N) is 1. The van der Waals surface area contributed by atoms with E-state index in [1.54, 1.807) is 0 Å². The molecule has 1 unspecified atom stereocenters. The van der Waals surface area contributed by atoms with Crippen molar-refractivity contribution in [3.63, 3.8) is 0 Å². The highest BCUT2D eigenvalue weighted by atomic mass is 16.5. The number of aromatic carboxylic acids is 1. The minimum Gasteiger partial charge on any atom is -0.510 e. The first-order chi connectivity index (χ1) is 17.9. The molecule has 12 nitrogen and oxygen atoms in total. The topological polar surface area (TPSA) is 208 Å². The molecule has 1 atom stereocenters. The average Bonchev–Trinajstić information content (AvgIpc) is 3.36. The van der Waals surface area contributed by atoms with Gasteiger partial charge in [-0.3, -0.25) is 24.0 Å². The maximum Gasteiger partial charge on any atom is 0.352 e. The van der Waals surface area contributed by atoms with E-state index in [0.717, 1.165) is 19.2 Å². The number of aliphatic hydroxyl groups is 2. The van der Waals surface area contributed by atoms with Crippen molar-refractivity contribution in [1.82, 2.24) is 4.98 Å². The van der Waals surface area contributed by atoms with Crippen LogP contribution in [0.3, 0.4) is 0 Å². The Morgan fingerprint density at radius 2 is 1.53 bits per heavy atom. The van der Waals surface area contributed by atoms with Gasteiger partial charge in [0.05, 0.1) is 33.4 Å². The van der Waals surface area contributed by atoms with E-state index < -0.39 is 88.2 Å². The van der Waals surface area contributed by atoms with E-state index in [1.165, 1.54) is 6.07 Å². The molecule has 1 spiro atoms. The monoisotopic (exact) mass is 517 g/mol. The number of aryl methyl sites for hydroxylation is 1. The number of aromatic hydroxyl groups is 1. The van der Waals surface area contributed by atoms with E-state index in [1.807, 2.05) is 0 Å². The van der Waals surface area contributed by atoms with E-state index in [2.05, 4.69) is 4.98 Å². The third kappa shape index (κ3) is 2.48. The molecule has 4 aliphatic rings. The quantitative estimate of drug-likeness (QED) is 0.201. The Hall–Kier alpha value is -5.26. The number of carboxylic acid groups (broad SMARTS) is 1. The van der Waals surface area contributed by atoms with Crippen LogP contribution in [-0.4, -0.2) is 38.5 Å². The smallest absolute Gasteiger partial charge is 0.352 e. The molecule has 0 aliphatic heterocycles. The van der Waals surface area contributed by atoms with Crippen LogP contribution < -0.4 is 42.4 Å². The lowest BCUT2D eigenvalue weighted by atomic mass is 9.78. The fourth-order valence-electron chi connectivity index (χ4n) is 5.86. The summed E-state index contributed by atoms with van der Waals surface area (Å²) >= 11 is 0. The van der Waals surface area contributed by atoms with Gasteiger partial charge in [0.25, 0.3) is 5.56 Å². The third-order valence-corrected chi connectivity index (χ3v) is 7.48. The third-order valence-electron chi connectivity index (χ3n) is 7.48. The van der Waals surface area contributed by atoms with E-state index in [9.17, 15) is 49.2 Å². The first-order valence-corrected chi connectivity index (χ1v) is 11.2. The zero-order chi connectivity index (χ0) is 27.4. The number of fused-ring (bicyclic) bond motifs is 4. The van der Waals surface area contributed by atoms with Crippen LogP contribution in [-0.2, 0) is 11.8 Å². The Labute approximate surface area is 207 Å². The van der Waals surface area contributed by atoms with E-state index in [0.29, 0.717) is 5.56 Å². The van der Waals surface area contributed by atoms with Crippen LogP contribution in [0.2, 0.25) is 0 Å². The van der Waals surface area contributed by atoms with Gasteiger partial charge in [0.2, 0.25) is 16.3 Å². The summed E-state index contributed by atoms with van der Waals surface area (Å²) in [7, 11) is 1.10. The van der Waals surface area contributed by atoms with Crippen molar-refractivity contribution in [1.29, 1.82) is 0 Å². The number of hydrogen-bond donors (Lipinski definition) is 5. The molecular weight excluding hydrogens is 502 g/mol. The summed E-state index contributed by atoms with van der Waals surface area (Å²) in [5.74, 6) is -4.22. The van der Waals surface area contributed by atoms with Gasteiger partial charge in [-0.15, -0.1) is 0 Å². The summed E-state index contributed by atoms with van der Waals surface area (Å²) in [5, 5.41) is 40.0. The number of H-pyrrole nitrogens is 1. The van der Waals surface area contributed by atoms with E-state index >= 15 is 0 Å². The van der Waals surface area contributed by atoms with Gasteiger partial charge in [0.1, 0.15) is 28.4 Å². The van der Waals surface area contributed by atoms with Gasteiger partial charge in [-0.25, -0.2) is 4.79 Å². The lowest BCUT2D eigenvalue weighted by Gasteiger charge is -2.27. The summed E-state index contributed by atoms with van der Waals surface area (Å²) in [4.78, 5) is 78.6. The number of aromatic nitrogens is 1. The highest BCUT2D eigenvalue weighted by Crippen LogP contribution is 2.54. The molecule has 4 aliphatic carbocycles. The number of aromatic amines is 1. The summed E-state index contributed by atoms with van der Waals surface area (Å²) < 4.78 is 4.85. The van der Waals surface area contributed by atoms with Crippen LogP contribution in [0, 0.1) is 10.4 Å². The molecule has 0 amide bonds. The van der Waals surface area contributed by atoms with Gasteiger partial charge in [0.15, 0.2) is 11.2 Å². The molecule has 0 fully saturated rings. The standard InChI is InChI=1S/C26H15NO11/c1-38-11-6-10(28)13-14(18(11)29)20(31)16-15(19(13)30)22(33)26(23(16)34)3-2-7-4-8-5-9(25(36)37)27-24(35)12(8)21(32)17(7)26/h4-6,32-34H,2-3H2,1H3,(H,27,35)(H,36,37). The van der Waals surface area contributed by atoms with Crippen molar-refractivity contribution in [2.75, 3.05) is 7.11 Å². The SMILES string of the molecule is COc1cc(=O)c2c(=O)c3c(c(=O)c=2c1=O)=C(O)C1(CCc2cc4cc(C(=O)O)[nH]c(=O)c4c(O)c21)C=3O. The first kappa shape index (κ1) is 23.2. The molecule has 5 N–H and O–H groups in total. The predicted molar refractivity (Wildman–Crippen MR) is 130 cm³/mol. The number of carboxylic acids is 1. The first-order valence-electron chi connectivity index (χ1n) is 11.2. The Kier molecular flexibility index (Phi) is 4.36. The number of ether oxygens (including phenoxy) is 1. The number of benzene rings is 1. The van der Waals surface area contributed by atoms with Gasteiger partial charge >= 0.3 is 5.97 Å². The van der Waals surface area contributed by atoms with Gasteiger partial charge in [-0.2, -0.15) is 0 Å². The Morgan fingerprint density at radius 3 is 2.13 bits per heavy atom. The van der Waals surface area contributed by atoms with Crippen molar-refractivity contribution in [3.8, 4) is 11.5 Å². The number of phenolic OH excluding ortho intramolecular Hbond substituents is 1. The van der Waals surface area contributed by atoms with E-state index in [4.69, 9.17) is 4.74 Å². The molecule has 0 radical (unpaired) electrons. The van der Waals surface area contributed by atoms with Crippen molar-refractivity contribution in [2.24, 2.45) is 0 Å². The van der Waals surface area contributed by atoms with Crippen LogP contribution in [0.5, 0.6) is 11.5 Å². The van der Waals surface area contributed by atoms with Crippen LogP contribution in [0.1, 0.15) is 28.0 Å². The van der Waals surface area contributed by atoms with Crippen LogP contribution >= 0.6 is 0 Å². The van der Waals surface area contributed by atoms with Gasteiger partial charge in [-0.1, -0.05) is 6.07 Å². The molecule has 38 heavy (non-hydrogen) atoms. The summed E-state index contributed by atoms with van der Waals surface area (Å²) in [6.45, 7) is 0. The number of phenols is 1. The largest absolute Gasteiger partial charge is 0.510 e. The lowest BCUT2D eigenvalue weighted by molar-refractivity contribution is 0.0690. The highest BCUT2D eigenvalue weighted by Gasteiger charge is 2.53. The fourth-order valence-corrected chi connectivity index (χ4v) is 5.86. The average molecular weight is 517 g/mol. The normalized spacial score (nSPS) is 17.9. The number of hydrogen-bond acceptors (Lipinski definition) is 10. The zero-order valence-electron chi connectivity index (χ0n) is 19.3. The molecule has 1 aromatic carbocycles. The number of rotatable bonds is 2. The maximum absolute atomic E-state index is 13.5. The molecule has 12 heteroatoms. The van der Waals surface area contributed by atoms with Crippen molar-refractivity contribution in [2.45, 2.75) is 18.3 Å². The summed E-state index contributed by atoms with van der Waals surface area (Å²) in [5.41, 5.74) is -7.62. The molecule has 2 aromatic rings. The van der Waals surface area contributed by atoms with E-state index in [-0.39, 0.29) is 29.2 Å². The molecule has 0 saturated carbocycles. The molecule has 1 heterocycles. The van der Waals surface area contributed by atoms with Crippen LogP contribution in [0.25, 0.3) is 22.3 Å². The van der Waals surface area contributed by atoms with Crippen LogP contribution in [0.4, 0.5) is 0 Å². The number of pyridine rings is 1. The number of methoxy groups -OCH3 is 1. The number of carbonyl (C=O) groups is 1. The Morgan fingerprint density at radius 1 is 0.895 bits per heavy atom. The Bertz CT molecular complexity index is 2290. The van der Waals surface area contributed by atoms with Crippen molar-refractivity contribution < 1.29 is 30.0 Å². The van der Waals surface area contributed by atoms with Gasteiger partial charge in [-0.05, 0) is 29.9 Å². The molecule has 1 aromatic heterocycles. The minimum absolute atomic E-state index is 0.0749. The molecule has 6 rings (SSSR count). The lowest BCUT2D eigenvalue weighted by Crippen LogP contribution is -2.51. The zero-order valence-corrected chi connectivity index (χ0v) is 19.3. The highest BCUT2D eigenvalue weighted by molar-refractivity contribution is 5.97. The molecule has 0 saturated heterocycles. The second-order valence-electron chi connectivity index (χ2n) is 9.21.